The molecule has 0 aromatic heterocycles. The van der Waals surface area contributed by atoms with Gasteiger partial charge < -0.3 is 5.32 Å². The highest BCUT2D eigenvalue weighted by Gasteiger charge is 2.18. The maximum Gasteiger partial charge on any atom is 0.123 e. The maximum absolute atomic E-state index is 12.9. The summed E-state index contributed by atoms with van der Waals surface area (Å²) in [6.07, 6.45) is 3.14. The fourth-order valence-electron chi connectivity index (χ4n) is 1.63. The minimum absolute atomic E-state index is 0.173. The highest BCUT2D eigenvalue weighted by Crippen LogP contribution is 2.23. The summed E-state index contributed by atoms with van der Waals surface area (Å²) in [4.78, 5) is 0. The summed E-state index contributed by atoms with van der Waals surface area (Å²) in [6.45, 7) is 7.54. The smallest absolute Gasteiger partial charge is 0.123 e. The first-order valence-corrected chi connectivity index (χ1v) is 7.25. The first-order valence-electron chi connectivity index (χ1n) is 6.02. The van der Waals surface area contributed by atoms with Gasteiger partial charge >= 0.3 is 0 Å². The van der Waals surface area contributed by atoms with Crippen LogP contribution in [0.15, 0.2) is 24.3 Å². The van der Waals surface area contributed by atoms with Gasteiger partial charge in [0, 0.05) is 17.3 Å². The number of halogens is 1. The Labute approximate surface area is 108 Å². The zero-order valence-electron chi connectivity index (χ0n) is 11.1. The minimum atomic E-state index is -0.173. The van der Waals surface area contributed by atoms with Crippen molar-refractivity contribution in [3.8, 4) is 0 Å². The summed E-state index contributed by atoms with van der Waals surface area (Å²) in [7, 11) is 0. The fourth-order valence-corrected chi connectivity index (χ4v) is 1.86. The molecule has 0 saturated carbocycles. The van der Waals surface area contributed by atoms with E-state index < -0.39 is 0 Å². The van der Waals surface area contributed by atoms with Crippen LogP contribution >= 0.6 is 11.8 Å². The van der Waals surface area contributed by atoms with Crippen LogP contribution in [0, 0.1) is 5.82 Å². The molecule has 3 heteroatoms. The molecule has 0 heterocycles. The number of thioether (sulfide) groups is 1. The van der Waals surface area contributed by atoms with Gasteiger partial charge in [0.2, 0.25) is 0 Å². The Morgan fingerprint density at radius 1 is 1.29 bits per heavy atom. The van der Waals surface area contributed by atoms with E-state index >= 15 is 0 Å². The lowest BCUT2D eigenvalue weighted by Crippen LogP contribution is -2.34. The van der Waals surface area contributed by atoms with Crippen molar-refractivity contribution in [3.63, 3.8) is 0 Å². The van der Waals surface area contributed by atoms with Crippen LogP contribution in [-0.2, 0) is 0 Å². The van der Waals surface area contributed by atoms with Gasteiger partial charge in [-0.15, -0.1) is 0 Å². The monoisotopic (exact) mass is 255 g/mol. The molecular weight excluding hydrogens is 233 g/mol. The molecule has 0 aliphatic carbocycles. The fraction of sp³-hybridized carbons (Fsp3) is 0.571. The van der Waals surface area contributed by atoms with Crippen LogP contribution in [-0.4, -0.2) is 17.5 Å². The molecular formula is C14H22FNS. The summed E-state index contributed by atoms with van der Waals surface area (Å²) in [6, 6.07) is 7.09. The van der Waals surface area contributed by atoms with Crippen molar-refractivity contribution in [1.82, 2.24) is 5.32 Å². The van der Waals surface area contributed by atoms with E-state index in [1.807, 2.05) is 23.9 Å². The van der Waals surface area contributed by atoms with Gasteiger partial charge in [-0.3, -0.25) is 0 Å². The molecule has 0 fully saturated rings. The zero-order chi connectivity index (χ0) is 12.9. The third-order valence-corrected chi connectivity index (χ3v) is 4.26. The number of benzene rings is 1. The first kappa shape index (κ1) is 14.5. The molecule has 0 radical (unpaired) electrons. The summed E-state index contributed by atoms with van der Waals surface area (Å²) < 4.78 is 13.1. The lowest BCUT2D eigenvalue weighted by molar-refractivity contribution is 0.484. The molecule has 1 nitrogen and oxygen atoms in total. The Balaban J connectivity index is 2.63. The van der Waals surface area contributed by atoms with Crippen LogP contribution in [0.3, 0.4) is 0 Å². The van der Waals surface area contributed by atoms with E-state index in [1.165, 1.54) is 12.1 Å². The molecule has 1 rings (SSSR count). The molecule has 0 saturated heterocycles. The van der Waals surface area contributed by atoms with E-state index in [2.05, 4.69) is 32.3 Å². The lowest BCUT2D eigenvalue weighted by Gasteiger charge is -2.26. The quantitative estimate of drug-likeness (QED) is 0.824. The minimum Gasteiger partial charge on any atom is -0.309 e. The molecule has 96 valence electrons. The van der Waals surface area contributed by atoms with E-state index in [1.54, 1.807) is 0 Å². The van der Waals surface area contributed by atoms with Gasteiger partial charge in [0.1, 0.15) is 5.82 Å². The summed E-state index contributed by atoms with van der Waals surface area (Å²) in [5, 5.41) is 3.55. The van der Waals surface area contributed by atoms with Crippen molar-refractivity contribution < 1.29 is 4.39 Å². The van der Waals surface area contributed by atoms with Crippen LogP contribution in [0.2, 0.25) is 0 Å². The predicted molar refractivity (Wildman–Crippen MR) is 75.0 cm³/mol. The molecule has 17 heavy (non-hydrogen) atoms. The standard InChI is InChI=1S/C14H22FNS/c1-5-13(16-10-14(2,3)17-4)11-6-8-12(15)9-7-11/h6-9,13,16H,5,10H2,1-4H3. The predicted octanol–water partition coefficient (Wildman–Crippen LogP) is 4.01. The van der Waals surface area contributed by atoms with Crippen LogP contribution in [0.1, 0.15) is 38.8 Å². The zero-order valence-corrected chi connectivity index (χ0v) is 11.9. The van der Waals surface area contributed by atoms with E-state index in [4.69, 9.17) is 0 Å². The van der Waals surface area contributed by atoms with Gasteiger partial charge in [-0.05, 0) is 44.2 Å². The molecule has 1 unspecified atom stereocenters. The lowest BCUT2D eigenvalue weighted by atomic mass is 10.0. The van der Waals surface area contributed by atoms with Crippen LogP contribution in [0.4, 0.5) is 4.39 Å². The molecule has 0 bridgehead atoms. The highest BCUT2D eigenvalue weighted by atomic mass is 32.2. The van der Waals surface area contributed by atoms with E-state index in [9.17, 15) is 4.39 Å². The second-order valence-electron chi connectivity index (χ2n) is 4.86. The topological polar surface area (TPSA) is 12.0 Å². The van der Waals surface area contributed by atoms with Crippen molar-refractivity contribution in [1.29, 1.82) is 0 Å². The Hall–Kier alpha value is -0.540. The number of hydrogen-bond acceptors (Lipinski definition) is 2. The van der Waals surface area contributed by atoms with Crippen molar-refractivity contribution >= 4 is 11.8 Å². The van der Waals surface area contributed by atoms with Gasteiger partial charge in [-0.2, -0.15) is 11.8 Å². The molecule has 1 N–H and O–H groups in total. The van der Waals surface area contributed by atoms with E-state index in [0.717, 1.165) is 18.5 Å². The molecule has 0 aliphatic rings. The summed E-state index contributed by atoms with van der Waals surface area (Å²) in [5.41, 5.74) is 1.16. The van der Waals surface area contributed by atoms with Gasteiger partial charge in [0.15, 0.2) is 0 Å². The average Bonchev–Trinajstić information content (AvgIpc) is 2.32. The van der Waals surface area contributed by atoms with Crippen molar-refractivity contribution in [2.24, 2.45) is 0 Å². The molecule has 0 amide bonds. The maximum atomic E-state index is 12.9. The molecule has 1 aromatic rings. The normalized spacial score (nSPS) is 13.7. The largest absolute Gasteiger partial charge is 0.309 e. The molecule has 0 aliphatic heterocycles. The Kier molecular flexibility index (Phi) is 5.47. The van der Waals surface area contributed by atoms with Gasteiger partial charge in [-0.1, -0.05) is 19.1 Å². The van der Waals surface area contributed by atoms with Gasteiger partial charge in [-0.25, -0.2) is 4.39 Å². The molecule has 1 aromatic carbocycles. The van der Waals surface area contributed by atoms with Crippen LogP contribution in [0.25, 0.3) is 0 Å². The molecule has 0 spiro atoms. The van der Waals surface area contributed by atoms with Gasteiger partial charge in [0.25, 0.3) is 0 Å². The third-order valence-electron chi connectivity index (χ3n) is 3.01. The Morgan fingerprint density at radius 3 is 2.35 bits per heavy atom. The highest BCUT2D eigenvalue weighted by molar-refractivity contribution is 7.99. The SMILES string of the molecule is CCC(NCC(C)(C)SC)c1ccc(F)cc1. The Morgan fingerprint density at radius 2 is 1.88 bits per heavy atom. The number of nitrogens with one attached hydrogen (secondary N) is 1. The van der Waals surface area contributed by atoms with Crippen molar-refractivity contribution in [2.45, 2.75) is 38.0 Å². The molecule has 1 atom stereocenters. The second kappa shape index (κ2) is 6.41. The summed E-state index contributed by atoms with van der Waals surface area (Å²) >= 11 is 1.85. The number of rotatable bonds is 6. The van der Waals surface area contributed by atoms with E-state index in [0.29, 0.717) is 6.04 Å². The Bertz CT molecular complexity index is 335. The van der Waals surface area contributed by atoms with Crippen LogP contribution in [0.5, 0.6) is 0 Å². The first-order chi connectivity index (χ1) is 7.98. The van der Waals surface area contributed by atoms with Crippen molar-refractivity contribution in [2.75, 3.05) is 12.8 Å². The second-order valence-corrected chi connectivity index (χ2v) is 6.37. The van der Waals surface area contributed by atoms with Gasteiger partial charge in [0.05, 0.1) is 0 Å². The summed E-state index contributed by atoms with van der Waals surface area (Å²) in [5.74, 6) is -0.173. The third kappa shape index (κ3) is 4.68. The van der Waals surface area contributed by atoms with Crippen LogP contribution < -0.4 is 5.32 Å². The number of hydrogen-bond donors (Lipinski definition) is 1. The van der Waals surface area contributed by atoms with E-state index in [-0.39, 0.29) is 10.6 Å². The van der Waals surface area contributed by atoms with Crippen molar-refractivity contribution in [3.05, 3.63) is 35.6 Å². The average molecular weight is 255 g/mol.